The molecule has 0 unspecified atom stereocenters. The number of nitrogens with zero attached hydrogens (tertiary/aromatic N) is 3. The van der Waals surface area contributed by atoms with E-state index in [1.54, 1.807) is 12.1 Å². The van der Waals surface area contributed by atoms with Gasteiger partial charge in [-0.05, 0) is 56.3 Å². The zero-order valence-corrected chi connectivity index (χ0v) is 17.9. The van der Waals surface area contributed by atoms with Crippen molar-refractivity contribution in [2.45, 2.75) is 12.8 Å². The molecule has 0 saturated carbocycles. The van der Waals surface area contributed by atoms with Crippen molar-refractivity contribution in [1.82, 2.24) is 9.97 Å². The number of hydrogen-bond acceptors (Lipinski definition) is 6. The first-order valence-electron chi connectivity index (χ1n) is 10.2. The summed E-state index contributed by atoms with van der Waals surface area (Å²) in [5.74, 6) is -1.27. The SMILES string of the molecule is CN.COc1cccc(F)c1-c1nccc(C(=O)Nc2cc(F)ccc2N2CCCC2)n1. The number of halogens is 2. The molecule has 1 amide bonds. The van der Waals surface area contributed by atoms with Crippen LogP contribution < -0.4 is 20.7 Å². The Morgan fingerprint density at radius 2 is 1.88 bits per heavy atom. The van der Waals surface area contributed by atoms with Gasteiger partial charge in [-0.15, -0.1) is 0 Å². The van der Waals surface area contributed by atoms with E-state index in [-0.39, 0.29) is 22.8 Å². The molecule has 1 aliphatic heterocycles. The lowest BCUT2D eigenvalue weighted by molar-refractivity contribution is 0.102. The number of aromatic nitrogens is 2. The average Bonchev–Trinajstić information content (AvgIpc) is 3.35. The maximum Gasteiger partial charge on any atom is 0.274 e. The number of carbonyl (C=O) groups is 1. The summed E-state index contributed by atoms with van der Waals surface area (Å²) in [5.41, 5.74) is 5.72. The second kappa shape index (κ2) is 10.6. The van der Waals surface area contributed by atoms with Crippen LogP contribution in [0.15, 0.2) is 48.7 Å². The number of ether oxygens (including phenoxy) is 1. The first kappa shape index (κ1) is 23.1. The van der Waals surface area contributed by atoms with Gasteiger partial charge < -0.3 is 20.7 Å². The summed E-state index contributed by atoms with van der Waals surface area (Å²) in [7, 11) is 2.92. The van der Waals surface area contributed by atoms with Crippen molar-refractivity contribution in [1.29, 1.82) is 0 Å². The first-order chi connectivity index (χ1) is 15.6. The zero-order valence-electron chi connectivity index (χ0n) is 17.9. The van der Waals surface area contributed by atoms with Gasteiger partial charge in [0.25, 0.3) is 5.91 Å². The van der Waals surface area contributed by atoms with Gasteiger partial charge in [0.1, 0.15) is 23.1 Å². The van der Waals surface area contributed by atoms with E-state index >= 15 is 0 Å². The molecule has 32 heavy (non-hydrogen) atoms. The summed E-state index contributed by atoms with van der Waals surface area (Å²) in [6.07, 6.45) is 3.46. The molecule has 1 saturated heterocycles. The Balaban J connectivity index is 0.00000141. The Hall–Kier alpha value is -3.59. The second-order valence-corrected chi connectivity index (χ2v) is 6.89. The minimum absolute atomic E-state index is 0.0246. The van der Waals surface area contributed by atoms with E-state index in [4.69, 9.17) is 4.74 Å². The number of benzene rings is 2. The van der Waals surface area contributed by atoms with Crippen LogP contribution in [0.5, 0.6) is 5.75 Å². The standard InChI is InChI=1S/C22H20F2N4O2.CH5N/c1-30-19-6-4-5-15(24)20(19)21-25-10-9-16(26-21)22(29)27-17-13-14(23)7-8-18(17)28-11-2-3-12-28;1-2/h4-10,13H,2-3,11-12H2,1H3,(H,27,29);2H2,1H3. The van der Waals surface area contributed by atoms with E-state index in [0.29, 0.717) is 5.69 Å². The third kappa shape index (κ3) is 5.00. The molecule has 3 aromatic rings. The molecule has 0 radical (unpaired) electrons. The molecule has 168 valence electrons. The maximum atomic E-state index is 14.4. The predicted octanol–water partition coefficient (Wildman–Crippen LogP) is 3.86. The minimum atomic E-state index is -0.562. The van der Waals surface area contributed by atoms with Gasteiger partial charge in [-0.25, -0.2) is 18.7 Å². The number of carbonyl (C=O) groups excluding carboxylic acids is 1. The molecule has 2 heterocycles. The van der Waals surface area contributed by atoms with E-state index in [2.05, 4.69) is 25.9 Å². The number of anilines is 2. The third-order valence-corrected chi connectivity index (χ3v) is 4.96. The quantitative estimate of drug-likeness (QED) is 0.625. The van der Waals surface area contributed by atoms with Crippen LogP contribution in [0.1, 0.15) is 23.3 Å². The topological polar surface area (TPSA) is 93.4 Å². The summed E-state index contributed by atoms with van der Waals surface area (Å²) in [6, 6.07) is 10.1. The highest BCUT2D eigenvalue weighted by Gasteiger charge is 2.20. The predicted molar refractivity (Wildman–Crippen MR) is 120 cm³/mol. The lowest BCUT2D eigenvalue weighted by atomic mass is 10.1. The molecule has 2 aromatic carbocycles. The van der Waals surface area contributed by atoms with Crippen molar-refractivity contribution in [3.8, 4) is 17.1 Å². The van der Waals surface area contributed by atoms with Gasteiger partial charge in [0.05, 0.1) is 24.0 Å². The monoisotopic (exact) mass is 441 g/mol. The van der Waals surface area contributed by atoms with Crippen LogP contribution in [-0.4, -0.2) is 43.1 Å². The molecular weight excluding hydrogens is 416 g/mol. The van der Waals surface area contributed by atoms with Crippen LogP contribution in [0, 0.1) is 11.6 Å². The fourth-order valence-corrected chi connectivity index (χ4v) is 3.53. The Morgan fingerprint density at radius 3 is 2.59 bits per heavy atom. The number of hydrogen-bond donors (Lipinski definition) is 2. The van der Waals surface area contributed by atoms with Crippen LogP contribution in [0.2, 0.25) is 0 Å². The summed E-state index contributed by atoms with van der Waals surface area (Å²) in [6.45, 7) is 1.69. The van der Waals surface area contributed by atoms with Crippen molar-refractivity contribution >= 4 is 17.3 Å². The average molecular weight is 441 g/mol. The van der Waals surface area contributed by atoms with Gasteiger partial charge in [0.2, 0.25) is 0 Å². The van der Waals surface area contributed by atoms with Crippen LogP contribution >= 0.6 is 0 Å². The summed E-state index contributed by atoms with van der Waals surface area (Å²) in [5, 5.41) is 2.73. The molecular formula is C23H25F2N5O2. The number of amides is 1. The Labute approximate surface area is 185 Å². The Morgan fingerprint density at radius 1 is 1.12 bits per heavy atom. The normalized spacial score (nSPS) is 12.7. The van der Waals surface area contributed by atoms with Gasteiger partial charge >= 0.3 is 0 Å². The third-order valence-electron chi connectivity index (χ3n) is 4.96. The van der Waals surface area contributed by atoms with Gasteiger partial charge in [0, 0.05) is 19.3 Å². The van der Waals surface area contributed by atoms with Crippen molar-refractivity contribution < 1.29 is 18.3 Å². The number of nitrogens with one attached hydrogen (secondary N) is 1. The molecule has 0 atom stereocenters. The molecule has 3 N–H and O–H groups in total. The molecule has 1 fully saturated rings. The van der Waals surface area contributed by atoms with Gasteiger partial charge in [-0.1, -0.05) is 6.07 Å². The van der Waals surface area contributed by atoms with Crippen LogP contribution in [-0.2, 0) is 0 Å². The summed E-state index contributed by atoms with van der Waals surface area (Å²) >= 11 is 0. The molecule has 0 aliphatic carbocycles. The highest BCUT2D eigenvalue weighted by molar-refractivity contribution is 6.05. The molecule has 0 bridgehead atoms. The van der Waals surface area contributed by atoms with E-state index in [1.807, 2.05) is 0 Å². The smallest absolute Gasteiger partial charge is 0.274 e. The van der Waals surface area contributed by atoms with Crippen molar-refractivity contribution in [3.05, 3.63) is 66.0 Å². The maximum absolute atomic E-state index is 14.4. The largest absolute Gasteiger partial charge is 0.496 e. The Kier molecular flexibility index (Phi) is 7.67. The first-order valence-corrected chi connectivity index (χ1v) is 10.2. The molecule has 4 rings (SSSR count). The van der Waals surface area contributed by atoms with Gasteiger partial charge in [-0.2, -0.15) is 0 Å². The molecule has 9 heteroatoms. The number of rotatable bonds is 5. The van der Waals surface area contributed by atoms with Crippen LogP contribution in [0.25, 0.3) is 11.4 Å². The minimum Gasteiger partial charge on any atom is -0.496 e. The van der Waals surface area contributed by atoms with E-state index < -0.39 is 17.5 Å². The lowest BCUT2D eigenvalue weighted by Gasteiger charge is -2.21. The zero-order chi connectivity index (χ0) is 23.1. The van der Waals surface area contributed by atoms with Crippen molar-refractivity contribution in [3.63, 3.8) is 0 Å². The van der Waals surface area contributed by atoms with E-state index in [1.165, 1.54) is 50.7 Å². The molecule has 0 spiro atoms. The summed E-state index contributed by atoms with van der Waals surface area (Å²) < 4.78 is 33.4. The fourth-order valence-electron chi connectivity index (χ4n) is 3.53. The highest BCUT2D eigenvalue weighted by atomic mass is 19.1. The highest BCUT2D eigenvalue weighted by Crippen LogP contribution is 2.31. The Bertz CT molecular complexity index is 1090. The van der Waals surface area contributed by atoms with Crippen molar-refractivity contribution in [2.24, 2.45) is 5.73 Å². The van der Waals surface area contributed by atoms with Crippen LogP contribution in [0.3, 0.4) is 0 Å². The lowest BCUT2D eigenvalue weighted by Crippen LogP contribution is -2.22. The van der Waals surface area contributed by atoms with Crippen LogP contribution in [0.4, 0.5) is 20.2 Å². The van der Waals surface area contributed by atoms with Gasteiger partial charge in [-0.3, -0.25) is 4.79 Å². The van der Waals surface area contributed by atoms with E-state index in [9.17, 15) is 13.6 Å². The fraction of sp³-hybridized carbons (Fsp3) is 0.261. The molecule has 1 aliphatic rings. The molecule has 1 aromatic heterocycles. The van der Waals surface area contributed by atoms with E-state index in [0.717, 1.165) is 31.6 Å². The van der Waals surface area contributed by atoms with Crippen molar-refractivity contribution in [2.75, 3.05) is 37.5 Å². The molecule has 7 nitrogen and oxygen atoms in total. The second-order valence-electron chi connectivity index (χ2n) is 6.89. The van der Waals surface area contributed by atoms with Gasteiger partial charge in [0.15, 0.2) is 5.82 Å². The summed E-state index contributed by atoms with van der Waals surface area (Å²) in [4.78, 5) is 23.2. The number of methoxy groups -OCH3 is 1. The number of nitrogens with two attached hydrogens (primary N) is 1.